The Morgan fingerprint density at radius 2 is 1.73 bits per heavy atom. The summed E-state index contributed by atoms with van der Waals surface area (Å²) >= 11 is 6.04. The molecule has 1 aliphatic heterocycles. The zero-order valence-electron chi connectivity index (χ0n) is 21.0. The molecule has 0 aliphatic carbocycles. The highest BCUT2D eigenvalue weighted by molar-refractivity contribution is 6.30. The number of aromatic nitrogens is 3. The van der Waals surface area contributed by atoms with Crippen LogP contribution in [0.2, 0.25) is 5.02 Å². The molecule has 1 N–H and O–H groups in total. The smallest absolute Gasteiger partial charge is 0.170 e. The number of nitrogens with zero attached hydrogens (tertiary/aromatic N) is 4. The Morgan fingerprint density at radius 3 is 2.38 bits per heavy atom. The average Bonchev–Trinajstić information content (AvgIpc) is 3.34. The number of aliphatic hydroxyl groups is 1. The Hall–Kier alpha value is -3.48. The van der Waals surface area contributed by atoms with Crippen LogP contribution in [0, 0.1) is 0 Å². The molecule has 3 heterocycles. The lowest BCUT2D eigenvalue weighted by atomic mass is 9.84. The van der Waals surface area contributed by atoms with E-state index in [9.17, 15) is 9.90 Å². The molecule has 0 unspecified atom stereocenters. The molecule has 0 bridgehead atoms. The highest BCUT2D eigenvalue weighted by Gasteiger charge is 2.34. The molecule has 4 aromatic rings. The number of pyridine rings is 1. The number of carbonyl (C=O) groups excluding carboxylic acids is 1. The molecule has 6 nitrogen and oxygen atoms in total. The predicted molar refractivity (Wildman–Crippen MR) is 147 cm³/mol. The maximum absolute atomic E-state index is 13.3. The summed E-state index contributed by atoms with van der Waals surface area (Å²) in [6, 6.07) is 21.3. The molecule has 2 aromatic carbocycles. The van der Waals surface area contributed by atoms with Crippen molar-refractivity contribution in [3.63, 3.8) is 0 Å². The lowest BCUT2D eigenvalue weighted by Gasteiger charge is -2.39. The molecule has 1 aliphatic rings. The second-order valence-corrected chi connectivity index (χ2v) is 10.1. The fraction of sp³-hybridized carbons (Fsp3) is 0.300. The molecule has 0 amide bonds. The highest BCUT2D eigenvalue weighted by atomic mass is 35.5. The van der Waals surface area contributed by atoms with E-state index < -0.39 is 5.60 Å². The SMILES string of the molecule is CCCc1c(C(=O)Cc2ccc(N3CCC(O)(c4ccccc4)CC3)nc2)cnn1-c1ccc(Cl)cc1. The first-order valence-electron chi connectivity index (χ1n) is 12.8. The lowest BCUT2D eigenvalue weighted by Crippen LogP contribution is -2.42. The van der Waals surface area contributed by atoms with E-state index in [4.69, 9.17) is 11.6 Å². The summed E-state index contributed by atoms with van der Waals surface area (Å²) in [5.41, 5.74) is 3.50. The van der Waals surface area contributed by atoms with Crippen LogP contribution in [0.3, 0.4) is 0 Å². The second-order valence-electron chi connectivity index (χ2n) is 9.65. The Bertz CT molecular complexity index is 1340. The van der Waals surface area contributed by atoms with Crippen LogP contribution >= 0.6 is 11.6 Å². The van der Waals surface area contributed by atoms with Gasteiger partial charge in [-0.3, -0.25) is 4.79 Å². The highest BCUT2D eigenvalue weighted by Crippen LogP contribution is 2.34. The van der Waals surface area contributed by atoms with Crippen molar-refractivity contribution in [2.24, 2.45) is 0 Å². The third kappa shape index (κ3) is 5.45. The van der Waals surface area contributed by atoms with Crippen molar-refractivity contribution in [2.45, 2.75) is 44.6 Å². The third-order valence-corrected chi connectivity index (χ3v) is 7.38. The molecule has 1 saturated heterocycles. The molecule has 190 valence electrons. The second kappa shape index (κ2) is 10.9. The monoisotopic (exact) mass is 514 g/mol. The van der Waals surface area contributed by atoms with Gasteiger partial charge in [0.1, 0.15) is 5.82 Å². The van der Waals surface area contributed by atoms with E-state index in [2.05, 4.69) is 21.9 Å². The Labute approximate surface area is 222 Å². The van der Waals surface area contributed by atoms with Gasteiger partial charge in [-0.15, -0.1) is 0 Å². The molecule has 0 saturated carbocycles. The first kappa shape index (κ1) is 25.2. The maximum atomic E-state index is 13.3. The normalized spacial score (nSPS) is 15.1. The van der Waals surface area contributed by atoms with E-state index in [1.165, 1.54) is 0 Å². The number of Topliss-reactive ketones (excluding diaryl/α,β-unsaturated/α-hetero) is 1. The first-order chi connectivity index (χ1) is 18.0. The zero-order valence-corrected chi connectivity index (χ0v) is 21.7. The van der Waals surface area contributed by atoms with Gasteiger partial charge >= 0.3 is 0 Å². The van der Waals surface area contributed by atoms with Crippen LogP contribution in [0.15, 0.2) is 79.1 Å². The van der Waals surface area contributed by atoms with E-state index in [1.807, 2.05) is 71.4 Å². The summed E-state index contributed by atoms with van der Waals surface area (Å²) in [4.78, 5) is 20.1. The Kier molecular flexibility index (Phi) is 7.40. The van der Waals surface area contributed by atoms with E-state index in [0.717, 1.165) is 54.3 Å². The van der Waals surface area contributed by atoms with Gasteiger partial charge in [-0.25, -0.2) is 9.67 Å². The number of benzene rings is 2. The van der Waals surface area contributed by atoms with Crippen LogP contribution < -0.4 is 4.90 Å². The predicted octanol–water partition coefficient (Wildman–Crippen LogP) is 5.79. The first-order valence-corrected chi connectivity index (χ1v) is 13.2. The number of piperidine rings is 1. The van der Waals surface area contributed by atoms with E-state index in [1.54, 1.807) is 12.4 Å². The van der Waals surface area contributed by atoms with Crippen molar-refractivity contribution in [1.82, 2.24) is 14.8 Å². The van der Waals surface area contributed by atoms with Gasteiger partial charge in [0.2, 0.25) is 0 Å². The quantitative estimate of drug-likeness (QED) is 0.301. The van der Waals surface area contributed by atoms with Crippen molar-refractivity contribution in [2.75, 3.05) is 18.0 Å². The largest absolute Gasteiger partial charge is 0.385 e. The standard InChI is InChI=1S/C30H31ClN4O2/c1-2-6-27-26(21-33-35(27)25-12-10-24(31)11-13-25)28(36)19-22-9-14-29(32-20-22)34-17-15-30(37,16-18-34)23-7-4-3-5-8-23/h3-5,7-14,20-21,37H,2,6,15-19H2,1H3. The fourth-order valence-corrected chi connectivity index (χ4v) is 5.15. The van der Waals surface area contributed by atoms with Crippen molar-refractivity contribution >= 4 is 23.2 Å². The van der Waals surface area contributed by atoms with Gasteiger partial charge in [-0.05, 0) is 60.7 Å². The number of hydrogen-bond donors (Lipinski definition) is 1. The summed E-state index contributed by atoms with van der Waals surface area (Å²) in [5.74, 6) is 0.901. The number of halogens is 1. The molecule has 37 heavy (non-hydrogen) atoms. The molecule has 1 fully saturated rings. The van der Waals surface area contributed by atoms with Crippen LogP contribution in [0.1, 0.15) is 53.4 Å². The summed E-state index contributed by atoms with van der Waals surface area (Å²) in [6.07, 6.45) is 6.69. The topological polar surface area (TPSA) is 71.2 Å². The minimum absolute atomic E-state index is 0.0316. The number of carbonyl (C=O) groups is 1. The minimum atomic E-state index is -0.795. The average molecular weight is 515 g/mol. The van der Waals surface area contributed by atoms with Crippen LogP contribution in [0.25, 0.3) is 5.69 Å². The van der Waals surface area contributed by atoms with Crippen molar-refractivity contribution in [3.8, 4) is 5.69 Å². The molecule has 2 aromatic heterocycles. The van der Waals surface area contributed by atoms with Gasteiger partial charge in [0.25, 0.3) is 0 Å². The molecular formula is C30H31ClN4O2. The molecular weight excluding hydrogens is 484 g/mol. The molecule has 0 radical (unpaired) electrons. The minimum Gasteiger partial charge on any atom is -0.385 e. The van der Waals surface area contributed by atoms with Gasteiger partial charge in [0.15, 0.2) is 5.78 Å². The van der Waals surface area contributed by atoms with Gasteiger partial charge in [0.05, 0.1) is 28.7 Å². The Balaban J connectivity index is 1.25. The zero-order chi connectivity index (χ0) is 25.8. The van der Waals surface area contributed by atoms with Gasteiger partial charge < -0.3 is 10.0 Å². The van der Waals surface area contributed by atoms with E-state index >= 15 is 0 Å². The van der Waals surface area contributed by atoms with Gasteiger partial charge in [0, 0.05) is 30.7 Å². The number of ketones is 1. The Morgan fingerprint density at radius 1 is 1.00 bits per heavy atom. The summed E-state index contributed by atoms with van der Waals surface area (Å²) in [6.45, 7) is 3.54. The fourth-order valence-electron chi connectivity index (χ4n) is 5.02. The van der Waals surface area contributed by atoms with Crippen molar-refractivity contribution in [1.29, 1.82) is 0 Å². The number of hydrogen-bond acceptors (Lipinski definition) is 5. The van der Waals surface area contributed by atoms with Gasteiger partial charge in [-0.2, -0.15) is 5.10 Å². The molecule has 5 rings (SSSR count). The van der Waals surface area contributed by atoms with Gasteiger partial charge in [-0.1, -0.05) is 61.3 Å². The van der Waals surface area contributed by atoms with Crippen LogP contribution in [-0.4, -0.2) is 38.7 Å². The number of anilines is 1. The summed E-state index contributed by atoms with van der Waals surface area (Å²) < 4.78 is 1.83. The summed E-state index contributed by atoms with van der Waals surface area (Å²) in [5, 5.41) is 16.3. The third-order valence-electron chi connectivity index (χ3n) is 7.13. The molecule has 0 atom stereocenters. The van der Waals surface area contributed by atoms with E-state index in [-0.39, 0.29) is 12.2 Å². The summed E-state index contributed by atoms with van der Waals surface area (Å²) in [7, 11) is 0. The van der Waals surface area contributed by atoms with Crippen molar-refractivity contribution < 1.29 is 9.90 Å². The van der Waals surface area contributed by atoms with Crippen LogP contribution in [0.5, 0.6) is 0 Å². The molecule has 7 heteroatoms. The van der Waals surface area contributed by atoms with Crippen LogP contribution in [-0.2, 0) is 18.4 Å². The number of rotatable bonds is 8. The van der Waals surface area contributed by atoms with Crippen LogP contribution in [0.4, 0.5) is 5.82 Å². The van der Waals surface area contributed by atoms with Crippen molar-refractivity contribution in [3.05, 3.63) is 107 Å². The molecule has 0 spiro atoms. The van der Waals surface area contributed by atoms with E-state index in [0.29, 0.717) is 23.4 Å². The lowest BCUT2D eigenvalue weighted by molar-refractivity contribution is 0.0116. The maximum Gasteiger partial charge on any atom is 0.170 e.